The van der Waals surface area contributed by atoms with Crippen molar-refractivity contribution in [2.45, 2.75) is 0 Å². The summed E-state index contributed by atoms with van der Waals surface area (Å²) in [5.74, 6) is -42.5. The molecule has 0 nitrogen and oxygen atoms in total. The van der Waals surface area contributed by atoms with Crippen LogP contribution in [0.4, 0.5) is 70.2 Å². The molecule has 5 aromatic carbocycles. The van der Waals surface area contributed by atoms with E-state index in [1.807, 2.05) is 0 Å². The summed E-state index contributed by atoms with van der Waals surface area (Å²) in [5, 5.41) is -8.19. The largest absolute Gasteiger partial charge is 0.203 e. The molecule has 0 bridgehead atoms. The summed E-state index contributed by atoms with van der Waals surface area (Å²) in [6.45, 7) is 0. The predicted molar refractivity (Wildman–Crippen MR) is 112 cm³/mol. The van der Waals surface area contributed by atoms with Crippen LogP contribution >= 0.6 is 0 Å². The molecule has 0 radical (unpaired) electrons. The molecule has 0 heterocycles. The fourth-order valence-corrected chi connectivity index (χ4v) is 4.44. The van der Waals surface area contributed by atoms with Crippen LogP contribution in [0.15, 0.2) is 12.1 Å². The molecule has 0 amide bonds. The lowest BCUT2D eigenvalue weighted by Crippen LogP contribution is -2.08. The molecule has 218 valence electrons. The van der Waals surface area contributed by atoms with E-state index >= 15 is 8.78 Å². The van der Waals surface area contributed by atoms with Gasteiger partial charge >= 0.3 is 0 Å². The number of hydrogen-bond acceptors (Lipinski definition) is 0. The number of benzene rings is 5. The highest BCUT2D eigenvalue weighted by Crippen LogP contribution is 2.45. The van der Waals surface area contributed by atoms with E-state index in [0.29, 0.717) is 0 Å². The minimum Gasteiger partial charge on any atom is -0.203 e. The first-order valence-corrected chi connectivity index (χ1v) is 10.7. The Labute approximate surface area is 220 Å². The van der Waals surface area contributed by atoms with Crippen LogP contribution < -0.4 is 0 Å². The van der Waals surface area contributed by atoms with Gasteiger partial charge in [-0.25, -0.2) is 70.2 Å². The van der Waals surface area contributed by atoms with E-state index in [4.69, 9.17) is 0 Å². The van der Waals surface area contributed by atoms with Crippen LogP contribution in [-0.4, -0.2) is 0 Å². The van der Waals surface area contributed by atoms with E-state index in [2.05, 4.69) is 0 Å². The Hall–Kier alpha value is -4.50. The van der Waals surface area contributed by atoms with Crippen molar-refractivity contribution in [1.82, 2.24) is 0 Å². The van der Waals surface area contributed by atoms with Crippen LogP contribution in [0.2, 0.25) is 0 Å². The van der Waals surface area contributed by atoms with Crippen molar-refractivity contribution < 1.29 is 70.2 Å². The average Bonchev–Trinajstić information content (AvgIpc) is 2.96. The fourth-order valence-electron chi connectivity index (χ4n) is 4.44. The minimum absolute atomic E-state index is 0.0161. The van der Waals surface area contributed by atoms with Gasteiger partial charge in [-0.05, 0) is 0 Å². The molecule has 0 spiro atoms. The summed E-state index contributed by atoms with van der Waals surface area (Å²) in [7, 11) is 0. The zero-order chi connectivity index (χ0) is 31.3. The number of hydrogen-bond donors (Lipinski definition) is 0. The van der Waals surface area contributed by atoms with E-state index in [0.717, 1.165) is 0 Å². The molecule has 0 atom stereocenters. The Morgan fingerprint density at radius 2 is 0.429 bits per heavy atom. The Kier molecular flexibility index (Phi) is 6.58. The first-order valence-electron chi connectivity index (χ1n) is 10.7. The Morgan fingerprint density at radius 3 is 0.690 bits per heavy atom. The lowest BCUT2D eigenvalue weighted by molar-refractivity contribution is 0.410. The highest BCUT2D eigenvalue weighted by molar-refractivity contribution is 6.01. The van der Waals surface area contributed by atoms with Crippen molar-refractivity contribution in [3.8, 4) is 22.3 Å². The second-order valence-corrected chi connectivity index (χ2v) is 8.43. The standard InChI is InChI=1S/C26H2F16/c27-11-3(5-7-9(17(33)21(37)13(5)29)19(35)25(41)23(39)15(7)31)1-2-4(12(11)28)6-8-10(18(34)22(38)14(6)30)20(36)26(42)24(40)16(8)32/h1-2H. The highest BCUT2D eigenvalue weighted by atomic mass is 19.2. The monoisotopic (exact) mass is 618 g/mol. The Morgan fingerprint density at radius 1 is 0.214 bits per heavy atom. The molecule has 0 N–H and O–H groups in total. The number of halogens is 16. The summed E-state index contributed by atoms with van der Waals surface area (Å²) in [6.07, 6.45) is 0. The molecule has 5 aromatic rings. The first kappa shape index (κ1) is 29.0. The highest BCUT2D eigenvalue weighted by Gasteiger charge is 2.35. The van der Waals surface area contributed by atoms with Gasteiger partial charge in [-0.15, -0.1) is 0 Å². The van der Waals surface area contributed by atoms with Gasteiger partial charge in [0.25, 0.3) is 0 Å². The molecule has 0 saturated heterocycles. The van der Waals surface area contributed by atoms with Gasteiger partial charge in [0, 0.05) is 33.0 Å². The molecule has 0 saturated carbocycles. The van der Waals surface area contributed by atoms with Gasteiger partial charge in [-0.2, -0.15) is 0 Å². The van der Waals surface area contributed by atoms with Crippen molar-refractivity contribution in [2.75, 3.05) is 0 Å². The van der Waals surface area contributed by atoms with Gasteiger partial charge in [0.15, 0.2) is 93.1 Å². The van der Waals surface area contributed by atoms with Crippen molar-refractivity contribution >= 4 is 21.5 Å². The lowest BCUT2D eigenvalue weighted by Gasteiger charge is -2.17. The maximum Gasteiger partial charge on any atom is 0.198 e. The molecule has 0 fully saturated rings. The third kappa shape index (κ3) is 3.59. The van der Waals surface area contributed by atoms with E-state index in [-0.39, 0.29) is 12.1 Å². The Bertz CT molecular complexity index is 1880. The van der Waals surface area contributed by atoms with Gasteiger partial charge < -0.3 is 0 Å². The summed E-state index contributed by atoms with van der Waals surface area (Å²) < 4.78 is 230. The summed E-state index contributed by atoms with van der Waals surface area (Å²) in [6, 6.07) is 0.0322. The molecule has 0 unspecified atom stereocenters. The number of rotatable bonds is 2. The Balaban J connectivity index is 1.94. The molecular formula is C26H2F16. The van der Waals surface area contributed by atoms with Crippen molar-refractivity contribution in [2.24, 2.45) is 0 Å². The van der Waals surface area contributed by atoms with Gasteiger partial charge in [-0.3, -0.25) is 0 Å². The maximum atomic E-state index is 15.3. The second kappa shape index (κ2) is 9.52. The van der Waals surface area contributed by atoms with Gasteiger partial charge in [-0.1, -0.05) is 12.1 Å². The van der Waals surface area contributed by atoms with Crippen LogP contribution in [0, 0.1) is 93.1 Å². The van der Waals surface area contributed by atoms with E-state index in [1.165, 1.54) is 0 Å². The molecular weight excluding hydrogens is 616 g/mol. The third-order valence-corrected chi connectivity index (χ3v) is 6.30. The van der Waals surface area contributed by atoms with Gasteiger partial charge in [0.05, 0.1) is 10.8 Å². The van der Waals surface area contributed by atoms with Crippen LogP contribution in [0.25, 0.3) is 43.8 Å². The summed E-state index contributed by atoms with van der Waals surface area (Å²) >= 11 is 0. The quantitative estimate of drug-likeness (QED) is 0.105. The van der Waals surface area contributed by atoms with Crippen molar-refractivity contribution in [3.63, 3.8) is 0 Å². The first-order chi connectivity index (χ1) is 19.6. The van der Waals surface area contributed by atoms with Crippen molar-refractivity contribution in [3.05, 3.63) is 105 Å². The fraction of sp³-hybridized carbons (Fsp3) is 0. The predicted octanol–water partition coefficient (Wildman–Crippen LogP) is 9.55. The second-order valence-electron chi connectivity index (χ2n) is 8.43. The van der Waals surface area contributed by atoms with Crippen LogP contribution in [0.1, 0.15) is 0 Å². The molecule has 0 aliphatic carbocycles. The zero-order valence-electron chi connectivity index (χ0n) is 19.2. The van der Waals surface area contributed by atoms with Gasteiger partial charge in [0.1, 0.15) is 0 Å². The molecule has 5 rings (SSSR count). The van der Waals surface area contributed by atoms with E-state index in [1.54, 1.807) is 0 Å². The van der Waals surface area contributed by atoms with Crippen molar-refractivity contribution in [1.29, 1.82) is 0 Å². The van der Waals surface area contributed by atoms with Crippen LogP contribution in [0.5, 0.6) is 0 Å². The van der Waals surface area contributed by atoms with E-state index < -0.39 is 137 Å². The van der Waals surface area contributed by atoms with Crippen LogP contribution in [0.3, 0.4) is 0 Å². The minimum atomic E-state index is -2.73. The molecule has 0 aliphatic heterocycles. The molecule has 42 heavy (non-hydrogen) atoms. The summed E-state index contributed by atoms with van der Waals surface area (Å²) in [5.41, 5.74) is -7.41. The summed E-state index contributed by atoms with van der Waals surface area (Å²) in [4.78, 5) is 0. The lowest BCUT2D eigenvalue weighted by atomic mass is 9.91. The topological polar surface area (TPSA) is 0 Å². The molecule has 16 heteroatoms. The molecule has 0 aromatic heterocycles. The third-order valence-electron chi connectivity index (χ3n) is 6.30. The SMILES string of the molecule is Fc1c(-c2c(F)c(F)c(F)c3c(F)c(F)c(F)c(F)c23)ccc(-c2c(F)c(F)c(F)c3c(F)c(F)c(F)c(F)c23)c1F. The number of fused-ring (bicyclic) bond motifs is 2. The van der Waals surface area contributed by atoms with Gasteiger partial charge in [0.2, 0.25) is 0 Å². The van der Waals surface area contributed by atoms with Crippen LogP contribution in [-0.2, 0) is 0 Å². The average molecular weight is 618 g/mol. The zero-order valence-corrected chi connectivity index (χ0v) is 19.2. The smallest absolute Gasteiger partial charge is 0.198 e. The maximum absolute atomic E-state index is 15.3. The molecule has 0 aliphatic rings. The van der Waals surface area contributed by atoms with E-state index in [9.17, 15) is 61.5 Å². The normalized spacial score (nSPS) is 11.8.